The Morgan fingerprint density at radius 3 is 2.05 bits per heavy atom. The maximum Gasteiger partial charge on any atom is 0.0839 e. The molecule has 4 unspecified atom stereocenters. The molecule has 0 aromatic carbocycles. The molecule has 1 heterocycles. The minimum atomic E-state index is 0. The molecular formula is C16H30IN2+. The first-order valence-electron chi connectivity index (χ1n) is 7.69. The molecule has 110 valence electrons. The molecule has 19 heavy (non-hydrogen) atoms. The Hall–Kier alpha value is 0.390. The zero-order valence-corrected chi connectivity index (χ0v) is 15.1. The van der Waals surface area contributed by atoms with Crippen LogP contribution in [0.5, 0.6) is 0 Å². The van der Waals surface area contributed by atoms with Gasteiger partial charge in [0.15, 0.2) is 0 Å². The van der Waals surface area contributed by atoms with Crippen LogP contribution in [0.15, 0.2) is 12.2 Å². The van der Waals surface area contributed by atoms with Crippen molar-refractivity contribution in [2.24, 2.45) is 23.7 Å². The van der Waals surface area contributed by atoms with Gasteiger partial charge < -0.3 is 32.9 Å². The third-order valence-electron chi connectivity index (χ3n) is 5.63. The van der Waals surface area contributed by atoms with E-state index in [9.17, 15) is 0 Å². The molecule has 0 N–H and O–H groups in total. The maximum atomic E-state index is 2.52. The van der Waals surface area contributed by atoms with Crippen LogP contribution in [0.1, 0.15) is 12.8 Å². The minimum Gasteiger partial charge on any atom is -1.00 e. The molecule has 2 bridgehead atoms. The molecule has 0 aromatic rings. The van der Waals surface area contributed by atoms with Gasteiger partial charge in [-0.2, -0.15) is 0 Å². The van der Waals surface area contributed by atoms with E-state index in [1.54, 1.807) is 0 Å². The number of allylic oxidation sites excluding steroid dienone is 2. The van der Waals surface area contributed by atoms with Gasteiger partial charge in [0.2, 0.25) is 0 Å². The van der Waals surface area contributed by atoms with Crippen molar-refractivity contribution in [2.75, 3.05) is 54.4 Å². The summed E-state index contributed by atoms with van der Waals surface area (Å²) in [5, 5.41) is 0. The van der Waals surface area contributed by atoms with Crippen LogP contribution < -0.4 is 24.0 Å². The van der Waals surface area contributed by atoms with Crippen LogP contribution in [-0.4, -0.2) is 63.3 Å². The van der Waals surface area contributed by atoms with E-state index < -0.39 is 0 Å². The molecule has 3 heteroatoms. The predicted octanol–water partition coefficient (Wildman–Crippen LogP) is -1.01. The topological polar surface area (TPSA) is 0 Å². The Morgan fingerprint density at radius 2 is 1.58 bits per heavy atom. The molecule has 0 amide bonds. The molecule has 2 fully saturated rings. The molecule has 0 radical (unpaired) electrons. The second-order valence-electron chi connectivity index (χ2n) is 8.35. The number of quaternary nitrogens is 2. The number of fused-ring (bicyclic) bond motifs is 5. The van der Waals surface area contributed by atoms with Gasteiger partial charge in [-0.3, -0.25) is 0 Å². The van der Waals surface area contributed by atoms with E-state index in [-0.39, 0.29) is 24.0 Å². The standard InChI is InChI=1S/C16H30N2.HI/c1-17(2,3)8-5-9-18(4)11-15-13-6-7-14(10-13)16(15)12-18;/h6-7,13-16H,5,8-12H2,1-4H3;1H/q+2;/p-1. The van der Waals surface area contributed by atoms with Crippen molar-refractivity contribution in [1.82, 2.24) is 0 Å². The van der Waals surface area contributed by atoms with Crippen LogP contribution in [0.2, 0.25) is 0 Å². The molecule has 2 nitrogen and oxygen atoms in total. The summed E-state index contributed by atoms with van der Waals surface area (Å²) in [7, 11) is 9.43. The molecular weight excluding hydrogens is 347 g/mol. The summed E-state index contributed by atoms with van der Waals surface area (Å²) in [5.41, 5.74) is 0. The summed E-state index contributed by atoms with van der Waals surface area (Å²) in [6.07, 6.45) is 7.90. The van der Waals surface area contributed by atoms with Crippen molar-refractivity contribution in [3.05, 3.63) is 12.2 Å². The van der Waals surface area contributed by atoms with Crippen molar-refractivity contribution < 1.29 is 32.9 Å². The number of rotatable bonds is 4. The van der Waals surface area contributed by atoms with Gasteiger partial charge in [0.1, 0.15) is 0 Å². The lowest BCUT2D eigenvalue weighted by atomic mass is 9.86. The van der Waals surface area contributed by atoms with Crippen LogP contribution >= 0.6 is 0 Å². The van der Waals surface area contributed by atoms with Crippen LogP contribution in [0.25, 0.3) is 0 Å². The van der Waals surface area contributed by atoms with Gasteiger partial charge in [-0.25, -0.2) is 0 Å². The third-order valence-corrected chi connectivity index (χ3v) is 5.63. The first kappa shape index (κ1) is 15.8. The summed E-state index contributed by atoms with van der Waals surface area (Å²) < 4.78 is 2.46. The predicted molar refractivity (Wildman–Crippen MR) is 76.0 cm³/mol. The molecule has 0 spiro atoms. The first-order valence-corrected chi connectivity index (χ1v) is 7.69. The van der Waals surface area contributed by atoms with E-state index in [2.05, 4.69) is 40.3 Å². The largest absolute Gasteiger partial charge is 1.00 e. The highest BCUT2D eigenvalue weighted by Crippen LogP contribution is 2.52. The Balaban J connectivity index is 0.00000133. The summed E-state index contributed by atoms with van der Waals surface area (Å²) in [4.78, 5) is 0. The second-order valence-corrected chi connectivity index (χ2v) is 8.35. The molecule has 4 atom stereocenters. The van der Waals surface area contributed by atoms with Crippen LogP contribution in [-0.2, 0) is 0 Å². The van der Waals surface area contributed by atoms with E-state index in [0.29, 0.717) is 0 Å². The average molecular weight is 377 g/mol. The van der Waals surface area contributed by atoms with Gasteiger partial charge in [-0.05, 0) is 18.3 Å². The van der Waals surface area contributed by atoms with E-state index in [1.807, 2.05) is 0 Å². The lowest BCUT2D eigenvalue weighted by Crippen LogP contribution is -3.00. The van der Waals surface area contributed by atoms with E-state index >= 15 is 0 Å². The third kappa shape index (κ3) is 3.18. The van der Waals surface area contributed by atoms with Crippen molar-refractivity contribution in [3.8, 4) is 0 Å². The lowest BCUT2D eigenvalue weighted by Gasteiger charge is -2.33. The molecule has 3 rings (SSSR count). The van der Waals surface area contributed by atoms with Crippen LogP contribution in [0.4, 0.5) is 0 Å². The SMILES string of the molecule is C[N+](C)(C)CCC[N+]1(C)CC2C3C=CC(C3)C2C1.[I-]. The number of hydrogen-bond acceptors (Lipinski definition) is 0. The fraction of sp³-hybridized carbons (Fsp3) is 0.875. The van der Waals surface area contributed by atoms with E-state index in [4.69, 9.17) is 0 Å². The average Bonchev–Trinajstić information content (AvgIpc) is 2.85. The first-order chi connectivity index (χ1) is 8.36. The Bertz CT molecular complexity index is 338. The number of halogens is 1. The second kappa shape index (κ2) is 5.30. The van der Waals surface area contributed by atoms with Crippen LogP contribution in [0.3, 0.4) is 0 Å². The van der Waals surface area contributed by atoms with Gasteiger partial charge in [-0.15, -0.1) is 0 Å². The molecule has 1 saturated carbocycles. The quantitative estimate of drug-likeness (QED) is 0.335. The zero-order valence-electron chi connectivity index (χ0n) is 13.0. The van der Waals surface area contributed by atoms with Gasteiger partial charge in [0, 0.05) is 18.3 Å². The lowest BCUT2D eigenvalue weighted by molar-refractivity contribution is -0.910. The highest BCUT2D eigenvalue weighted by molar-refractivity contribution is 5.14. The fourth-order valence-electron chi connectivity index (χ4n) is 4.77. The highest BCUT2D eigenvalue weighted by Gasteiger charge is 2.54. The van der Waals surface area contributed by atoms with Crippen molar-refractivity contribution in [1.29, 1.82) is 0 Å². The Kier molecular flexibility index (Phi) is 4.40. The van der Waals surface area contributed by atoms with Crippen molar-refractivity contribution in [2.45, 2.75) is 12.8 Å². The summed E-state index contributed by atoms with van der Waals surface area (Å²) in [6, 6.07) is 0. The van der Waals surface area contributed by atoms with Gasteiger partial charge >= 0.3 is 0 Å². The van der Waals surface area contributed by atoms with E-state index in [1.165, 1.54) is 43.5 Å². The van der Waals surface area contributed by atoms with E-state index in [0.717, 1.165) is 28.2 Å². The minimum absolute atomic E-state index is 0. The Morgan fingerprint density at radius 1 is 1.05 bits per heavy atom. The number of hydrogen-bond donors (Lipinski definition) is 0. The van der Waals surface area contributed by atoms with Gasteiger partial charge in [-0.1, -0.05) is 12.2 Å². The van der Waals surface area contributed by atoms with Gasteiger partial charge in [0.05, 0.1) is 54.4 Å². The summed E-state index contributed by atoms with van der Waals surface area (Å²) in [5.74, 6) is 3.93. The monoisotopic (exact) mass is 377 g/mol. The fourth-order valence-corrected chi connectivity index (χ4v) is 4.77. The summed E-state index contributed by atoms with van der Waals surface area (Å²) in [6.45, 7) is 5.61. The highest BCUT2D eigenvalue weighted by atomic mass is 127. The molecule has 1 saturated heterocycles. The molecule has 3 aliphatic rings. The van der Waals surface area contributed by atoms with Crippen LogP contribution in [0, 0.1) is 23.7 Å². The number of likely N-dealkylation sites (tertiary alicyclic amines) is 1. The van der Waals surface area contributed by atoms with Crippen molar-refractivity contribution in [3.63, 3.8) is 0 Å². The zero-order chi connectivity index (χ0) is 13.0. The summed E-state index contributed by atoms with van der Waals surface area (Å²) >= 11 is 0. The molecule has 2 aliphatic carbocycles. The Labute approximate surface area is 136 Å². The smallest absolute Gasteiger partial charge is 0.0839 e. The maximum absolute atomic E-state index is 2.52. The molecule has 1 aliphatic heterocycles. The van der Waals surface area contributed by atoms with Crippen molar-refractivity contribution >= 4 is 0 Å². The van der Waals surface area contributed by atoms with Gasteiger partial charge in [0.25, 0.3) is 0 Å². The molecule has 0 aromatic heterocycles. The normalized spacial score (nSPS) is 43.4. The number of nitrogens with zero attached hydrogens (tertiary/aromatic N) is 2.